The summed E-state index contributed by atoms with van der Waals surface area (Å²) >= 11 is 0. The fourth-order valence-corrected chi connectivity index (χ4v) is 1.58. The van der Waals surface area contributed by atoms with Crippen molar-refractivity contribution < 1.29 is 4.79 Å². The molecule has 2 N–H and O–H groups in total. The lowest BCUT2D eigenvalue weighted by molar-refractivity contribution is -0.133. The smallest absolute Gasteiger partial charge is 0.232 e. The number of nitrogens with two attached hydrogens (primary N) is 1. The summed E-state index contributed by atoms with van der Waals surface area (Å²) in [7, 11) is 3.53. The average molecular weight is 206 g/mol. The average Bonchev–Trinajstić information content (AvgIpc) is 2.17. The lowest BCUT2D eigenvalue weighted by Gasteiger charge is -2.27. The monoisotopic (exact) mass is 206 g/mol. The SMILES string of the molecule is CN(C)C(=O)C(C)(C)c1ccc(N)cc1. The van der Waals surface area contributed by atoms with Crippen molar-refractivity contribution in [3.8, 4) is 0 Å². The highest BCUT2D eigenvalue weighted by Crippen LogP contribution is 2.25. The van der Waals surface area contributed by atoms with Crippen molar-refractivity contribution in [2.45, 2.75) is 19.3 Å². The third-order valence-corrected chi connectivity index (χ3v) is 2.57. The van der Waals surface area contributed by atoms with Gasteiger partial charge >= 0.3 is 0 Å². The van der Waals surface area contributed by atoms with Gasteiger partial charge in [0.05, 0.1) is 5.41 Å². The van der Waals surface area contributed by atoms with Crippen LogP contribution in [0.3, 0.4) is 0 Å². The molecule has 0 atom stereocenters. The van der Waals surface area contributed by atoms with Crippen LogP contribution >= 0.6 is 0 Å². The van der Waals surface area contributed by atoms with Gasteiger partial charge in [0, 0.05) is 19.8 Å². The normalized spacial score (nSPS) is 11.2. The molecular formula is C12H18N2O. The summed E-state index contributed by atoms with van der Waals surface area (Å²) in [5, 5.41) is 0. The lowest BCUT2D eigenvalue weighted by atomic mass is 9.83. The van der Waals surface area contributed by atoms with Crippen molar-refractivity contribution in [1.82, 2.24) is 4.90 Å². The Bertz CT molecular complexity index is 352. The van der Waals surface area contributed by atoms with Crippen LogP contribution in [0.15, 0.2) is 24.3 Å². The van der Waals surface area contributed by atoms with Gasteiger partial charge in [0.15, 0.2) is 0 Å². The molecule has 0 bridgehead atoms. The number of nitrogen functional groups attached to an aromatic ring is 1. The Kier molecular flexibility index (Phi) is 3.03. The number of hydrogen-bond donors (Lipinski definition) is 1. The number of hydrogen-bond acceptors (Lipinski definition) is 2. The van der Waals surface area contributed by atoms with E-state index in [1.165, 1.54) is 0 Å². The summed E-state index contributed by atoms with van der Waals surface area (Å²) in [4.78, 5) is 13.6. The minimum atomic E-state index is -0.503. The fourth-order valence-electron chi connectivity index (χ4n) is 1.58. The molecule has 0 spiro atoms. The van der Waals surface area contributed by atoms with Crippen LogP contribution in [0.2, 0.25) is 0 Å². The first-order valence-electron chi connectivity index (χ1n) is 4.93. The van der Waals surface area contributed by atoms with E-state index in [4.69, 9.17) is 5.73 Å². The van der Waals surface area contributed by atoms with E-state index in [0.29, 0.717) is 5.69 Å². The van der Waals surface area contributed by atoms with Gasteiger partial charge < -0.3 is 10.6 Å². The van der Waals surface area contributed by atoms with Gasteiger partial charge in [-0.05, 0) is 31.5 Å². The molecule has 0 aliphatic rings. The van der Waals surface area contributed by atoms with Gasteiger partial charge in [-0.2, -0.15) is 0 Å². The number of nitrogens with zero attached hydrogens (tertiary/aromatic N) is 1. The summed E-state index contributed by atoms with van der Waals surface area (Å²) in [6.07, 6.45) is 0. The van der Waals surface area contributed by atoms with Crippen LogP contribution in [0.5, 0.6) is 0 Å². The van der Waals surface area contributed by atoms with Gasteiger partial charge in [0.25, 0.3) is 0 Å². The Morgan fingerprint density at radius 3 is 2.07 bits per heavy atom. The third kappa shape index (κ3) is 2.29. The largest absolute Gasteiger partial charge is 0.399 e. The van der Waals surface area contributed by atoms with Crippen LogP contribution in [0.1, 0.15) is 19.4 Å². The molecule has 1 aromatic carbocycles. The highest BCUT2D eigenvalue weighted by Gasteiger charge is 2.30. The second kappa shape index (κ2) is 3.93. The number of rotatable bonds is 2. The molecule has 0 saturated carbocycles. The van der Waals surface area contributed by atoms with Crippen molar-refractivity contribution in [2.75, 3.05) is 19.8 Å². The summed E-state index contributed by atoms with van der Waals surface area (Å²) < 4.78 is 0. The number of amides is 1. The van der Waals surface area contributed by atoms with Crippen LogP contribution in [0, 0.1) is 0 Å². The van der Waals surface area contributed by atoms with Crippen LogP contribution in [0.25, 0.3) is 0 Å². The maximum absolute atomic E-state index is 11.9. The Labute approximate surface area is 90.9 Å². The maximum Gasteiger partial charge on any atom is 0.232 e. The molecule has 15 heavy (non-hydrogen) atoms. The summed E-state index contributed by atoms with van der Waals surface area (Å²) in [6, 6.07) is 7.44. The minimum Gasteiger partial charge on any atom is -0.399 e. The molecule has 0 saturated heterocycles. The molecule has 0 radical (unpaired) electrons. The molecule has 0 unspecified atom stereocenters. The molecule has 3 heteroatoms. The van der Waals surface area contributed by atoms with E-state index < -0.39 is 5.41 Å². The van der Waals surface area contributed by atoms with E-state index in [1.54, 1.807) is 19.0 Å². The Hall–Kier alpha value is -1.51. The van der Waals surface area contributed by atoms with Gasteiger partial charge in [-0.1, -0.05) is 12.1 Å². The second-order valence-corrected chi connectivity index (χ2v) is 4.45. The molecule has 0 fully saturated rings. The molecule has 0 aromatic heterocycles. The first-order chi connectivity index (χ1) is 6.85. The van der Waals surface area contributed by atoms with E-state index in [2.05, 4.69) is 0 Å². The fraction of sp³-hybridized carbons (Fsp3) is 0.417. The molecule has 3 nitrogen and oxygen atoms in total. The molecule has 1 amide bonds. The zero-order valence-corrected chi connectivity index (χ0v) is 9.74. The van der Waals surface area contributed by atoms with Crippen molar-refractivity contribution in [3.63, 3.8) is 0 Å². The van der Waals surface area contributed by atoms with Gasteiger partial charge in [0.2, 0.25) is 5.91 Å². The zero-order chi connectivity index (χ0) is 11.6. The Balaban J connectivity index is 3.05. The molecule has 1 aromatic rings. The van der Waals surface area contributed by atoms with Crippen molar-refractivity contribution >= 4 is 11.6 Å². The first-order valence-corrected chi connectivity index (χ1v) is 4.93. The maximum atomic E-state index is 11.9. The van der Waals surface area contributed by atoms with Crippen molar-refractivity contribution in [1.29, 1.82) is 0 Å². The predicted octanol–water partition coefficient (Wildman–Crippen LogP) is 1.63. The zero-order valence-electron chi connectivity index (χ0n) is 9.74. The number of carbonyl (C=O) groups is 1. The van der Waals surface area contributed by atoms with E-state index in [1.807, 2.05) is 38.1 Å². The highest BCUT2D eigenvalue weighted by atomic mass is 16.2. The minimum absolute atomic E-state index is 0.0901. The molecule has 82 valence electrons. The molecule has 1 rings (SSSR count). The van der Waals surface area contributed by atoms with Gasteiger partial charge in [-0.25, -0.2) is 0 Å². The Morgan fingerprint density at radius 2 is 1.67 bits per heavy atom. The number of carbonyl (C=O) groups excluding carboxylic acids is 1. The Morgan fingerprint density at radius 1 is 1.20 bits per heavy atom. The van der Waals surface area contributed by atoms with Crippen LogP contribution in [-0.2, 0) is 10.2 Å². The number of likely N-dealkylation sites (N-methyl/N-ethyl adjacent to an activating group) is 1. The predicted molar refractivity (Wildman–Crippen MR) is 62.6 cm³/mol. The van der Waals surface area contributed by atoms with Gasteiger partial charge in [-0.3, -0.25) is 4.79 Å². The number of benzene rings is 1. The van der Waals surface area contributed by atoms with Crippen molar-refractivity contribution in [3.05, 3.63) is 29.8 Å². The topological polar surface area (TPSA) is 46.3 Å². The standard InChI is InChI=1S/C12H18N2O/c1-12(2,11(15)14(3)4)9-5-7-10(13)8-6-9/h5-8H,13H2,1-4H3. The summed E-state index contributed by atoms with van der Waals surface area (Å²) in [5.74, 6) is 0.0901. The van der Waals surface area contributed by atoms with Crippen LogP contribution in [0.4, 0.5) is 5.69 Å². The number of anilines is 1. The lowest BCUT2D eigenvalue weighted by Crippen LogP contribution is -2.39. The van der Waals surface area contributed by atoms with E-state index >= 15 is 0 Å². The first kappa shape index (κ1) is 11.6. The summed E-state index contributed by atoms with van der Waals surface area (Å²) in [5.41, 5.74) is 6.80. The second-order valence-electron chi connectivity index (χ2n) is 4.45. The summed E-state index contributed by atoms with van der Waals surface area (Å²) in [6.45, 7) is 3.84. The van der Waals surface area contributed by atoms with Crippen LogP contribution in [-0.4, -0.2) is 24.9 Å². The van der Waals surface area contributed by atoms with Crippen LogP contribution < -0.4 is 5.73 Å². The van der Waals surface area contributed by atoms with E-state index in [-0.39, 0.29) is 5.91 Å². The molecular weight excluding hydrogens is 188 g/mol. The van der Waals surface area contributed by atoms with Gasteiger partial charge in [-0.15, -0.1) is 0 Å². The highest BCUT2D eigenvalue weighted by molar-refractivity contribution is 5.87. The molecule has 0 aliphatic heterocycles. The van der Waals surface area contributed by atoms with E-state index in [9.17, 15) is 4.79 Å². The molecule has 0 aliphatic carbocycles. The third-order valence-electron chi connectivity index (χ3n) is 2.57. The van der Waals surface area contributed by atoms with E-state index in [0.717, 1.165) is 5.56 Å². The molecule has 0 heterocycles. The van der Waals surface area contributed by atoms with Gasteiger partial charge in [0.1, 0.15) is 0 Å². The van der Waals surface area contributed by atoms with Crippen molar-refractivity contribution in [2.24, 2.45) is 0 Å². The quantitative estimate of drug-likeness (QED) is 0.748.